The van der Waals surface area contributed by atoms with Crippen molar-refractivity contribution in [3.05, 3.63) is 33.5 Å². The Morgan fingerprint density at radius 1 is 1.41 bits per heavy atom. The number of carbonyl (C=O) groups is 1. The fourth-order valence-electron chi connectivity index (χ4n) is 3.77. The van der Waals surface area contributed by atoms with E-state index in [0.717, 1.165) is 30.2 Å². The fraction of sp³-hybridized carbons (Fsp3) is 0.333. The second-order valence-corrected chi connectivity index (χ2v) is 8.52. The lowest BCUT2D eigenvalue weighted by atomic mass is 9.93. The molecule has 1 amide bonds. The van der Waals surface area contributed by atoms with Crippen molar-refractivity contribution in [2.75, 3.05) is 23.3 Å². The molecule has 0 saturated carbocycles. The fourth-order valence-corrected chi connectivity index (χ4v) is 5.24. The van der Waals surface area contributed by atoms with Crippen LogP contribution in [0.2, 0.25) is 0 Å². The lowest BCUT2D eigenvalue weighted by molar-refractivity contribution is 0.102. The predicted molar refractivity (Wildman–Crippen MR) is 107 cm³/mol. The summed E-state index contributed by atoms with van der Waals surface area (Å²) < 4.78 is 0. The van der Waals surface area contributed by atoms with E-state index in [-0.39, 0.29) is 5.91 Å². The van der Waals surface area contributed by atoms with E-state index in [4.69, 9.17) is 10.2 Å². The zero-order chi connectivity index (χ0) is 18.4. The number of hydrogen-bond acceptors (Lipinski definition) is 8. The summed E-state index contributed by atoms with van der Waals surface area (Å²) >= 11 is 2.71. The van der Waals surface area contributed by atoms with Crippen LogP contribution in [0.3, 0.4) is 0 Å². The Kier molecular flexibility index (Phi) is 4.04. The molecule has 3 saturated heterocycles. The Morgan fingerprint density at radius 2 is 2.33 bits per heavy atom. The third kappa shape index (κ3) is 2.86. The van der Waals surface area contributed by atoms with Crippen LogP contribution >= 0.6 is 22.7 Å². The summed E-state index contributed by atoms with van der Waals surface area (Å²) in [5.41, 5.74) is 1.66. The Bertz CT molecular complexity index is 1060. The van der Waals surface area contributed by atoms with Crippen LogP contribution in [0.5, 0.6) is 0 Å². The molecule has 3 fully saturated rings. The van der Waals surface area contributed by atoms with Crippen LogP contribution in [0.1, 0.15) is 28.1 Å². The van der Waals surface area contributed by atoms with Crippen molar-refractivity contribution in [2.45, 2.75) is 24.9 Å². The number of fused-ring (bicyclic) bond motifs is 4. The monoisotopic (exact) mass is 396 g/mol. The zero-order valence-electron chi connectivity index (χ0n) is 14.3. The van der Waals surface area contributed by atoms with Crippen LogP contribution in [0, 0.1) is 11.3 Å². The Labute approximate surface area is 163 Å². The van der Waals surface area contributed by atoms with E-state index < -0.39 is 0 Å². The highest BCUT2D eigenvalue weighted by atomic mass is 32.1. The van der Waals surface area contributed by atoms with Crippen LogP contribution in [0.15, 0.2) is 23.0 Å². The second-order valence-electron chi connectivity index (χ2n) is 6.75. The summed E-state index contributed by atoms with van der Waals surface area (Å²) in [4.78, 5) is 25.6. The van der Waals surface area contributed by atoms with Crippen molar-refractivity contribution in [3.63, 3.8) is 0 Å². The molecule has 2 N–H and O–H groups in total. The zero-order valence-corrected chi connectivity index (χ0v) is 15.9. The predicted octanol–water partition coefficient (Wildman–Crippen LogP) is 2.82. The standard InChI is InChI=1S/C18H16N6OS2/c19-5-14-13(3-4-26-14)22-17(25)12-9-27-18-16(12)23-15(7-21-18)24-8-10-1-2-11(24)6-20-10/h3-4,7,9-11,20H,1-2,6,8H2,(H,22,25)/t10-,11-/m0/s1. The molecule has 0 aromatic carbocycles. The van der Waals surface area contributed by atoms with Crippen molar-refractivity contribution >= 4 is 50.4 Å². The van der Waals surface area contributed by atoms with E-state index in [1.54, 1.807) is 16.8 Å². The molecular formula is C18H16N6OS2. The number of hydrogen-bond donors (Lipinski definition) is 2. The number of amides is 1. The summed E-state index contributed by atoms with van der Waals surface area (Å²) in [6.45, 7) is 1.90. The van der Waals surface area contributed by atoms with Gasteiger partial charge >= 0.3 is 0 Å². The molecule has 6 heterocycles. The van der Waals surface area contributed by atoms with Gasteiger partial charge in [0.1, 0.15) is 27.1 Å². The van der Waals surface area contributed by atoms with Gasteiger partial charge in [0, 0.05) is 30.6 Å². The number of piperidine rings is 2. The third-order valence-electron chi connectivity index (χ3n) is 5.17. The number of anilines is 2. The SMILES string of the molecule is N#Cc1sccc1NC(=O)c1csc2ncc(N3C[C@@H]4CC[C@H]3CN4)nc12. The molecule has 0 unspecified atom stereocenters. The first-order valence-electron chi connectivity index (χ1n) is 8.76. The maximum Gasteiger partial charge on any atom is 0.258 e. The molecule has 2 atom stereocenters. The van der Waals surface area contributed by atoms with Crippen molar-refractivity contribution in [1.29, 1.82) is 5.26 Å². The summed E-state index contributed by atoms with van der Waals surface area (Å²) in [6, 6.07) is 4.77. The number of rotatable bonds is 3. The van der Waals surface area contributed by atoms with Gasteiger partial charge in [0.25, 0.3) is 5.91 Å². The maximum absolute atomic E-state index is 12.8. The molecule has 0 aliphatic carbocycles. The van der Waals surface area contributed by atoms with E-state index in [9.17, 15) is 4.79 Å². The van der Waals surface area contributed by atoms with E-state index >= 15 is 0 Å². The minimum atomic E-state index is -0.260. The number of carbonyl (C=O) groups excluding carboxylic acids is 1. The minimum Gasteiger partial charge on any atom is -0.349 e. The first-order valence-corrected chi connectivity index (χ1v) is 10.5. The molecule has 6 rings (SSSR count). The van der Waals surface area contributed by atoms with Gasteiger partial charge in [-0.3, -0.25) is 4.79 Å². The van der Waals surface area contributed by atoms with Gasteiger partial charge in [-0.2, -0.15) is 5.26 Å². The molecule has 3 aromatic heterocycles. The van der Waals surface area contributed by atoms with Crippen LogP contribution in [0.25, 0.3) is 10.3 Å². The summed E-state index contributed by atoms with van der Waals surface area (Å²) in [6.07, 6.45) is 4.17. The molecule has 3 aliphatic rings. The Morgan fingerprint density at radius 3 is 3.07 bits per heavy atom. The summed E-state index contributed by atoms with van der Waals surface area (Å²) in [5.74, 6) is 0.573. The number of aromatic nitrogens is 2. The first kappa shape index (κ1) is 16.6. The quantitative estimate of drug-likeness (QED) is 0.707. The van der Waals surface area contributed by atoms with Crippen molar-refractivity contribution in [1.82, 2.24) is 15.3 Å². The average Bonchev–Trinajstić information content (AvgIpc) is 3.34. The second kappa shape index (κ2) is 6.56. The molecule has 136 valence electrons. The molecular weight excluding hydrogens is 380 g/mol. The van der Waals surface area contributed by atoms with Gasteiger partial charge in [-0.1, -0.05) is 0 Å². The highest BCUT2D eigenvalue weighted by molar-refractivity contribution is 7.17. The molecule has 9 heteroatoms. The number of nitrogens with zero attached hydrogens (tertiary/aromatic N) is 4. The molecule has 27 heavy (non-hydrogen) atoms. The molecule has 0 spiro atoms. The first-order chi connectivity index (χ1) is 13.2. The van der Waals surface area contributed by atoms with E-state index in [1.807, 2.05) is 6.20 Å². The molecule has 7 nitrogen and oxygen atoms in total. The highest BCUT2D eigenvalue weighted by Gasteiger charge is 2.34. The topological polar surface area (TPSA) is 93.9 Å². The average molecular weight is 397 g/mol. The van der Waals surface area contributed by atoms with Gasteiger partial charge in [-0.05, 0) is 24.3 Å². The number of thiophene rings is 2. The molecule has 3 aromatic rings. The van der Waals surface area contributed by atoms with Crippen LogP contribution in [0.4, 0.5) is 11.5 Å². The maximum atomic E-state index is 12.8. The van der Waals surface area contributed by atoms with Crippen molar-refractivity contribution < 1.29 is 4.79 Å². The van der Waals surface area contributed by atoms with Gasteiger partial charge in [0.15, 0.2) is 0 Å². The molecule has 0 radical (unpaired) electrons. The van der Waals surface area contributed by atoms with Crippen LogP contribution in [-0.4, -0.2) is 41.0 Å². The van der Waals surface area contributed by atoms with Gasteiger partial charge in [-0.25, -0.2) is 9.97 Å². The number of piperazine rings is 1. The van der Waals surface area contributed by atoms with E-state index in [0.29, 0.717) is 33.7 Å². The largest absolute Gasteiger partial charge is 0.349 e. The van der Waals surface area contributed by atoms with Crippen LogP contribution < -0.4 is 15.5 Å². The van der Waals surface area contributed by atoms with Gasteiger partial charge < -0.3 is 15.5 Å². The minimum absolute atomic E-state index is 0.260. The van der Waals surface area contributed by atoms with Crippen LogP contribution in [-0.2, 0) is 0 Å². The normalized spacial score (nSPS) is 21.4. The Hall–Kier alpha value is -2.54. The lowest BCUT2D eigenvalue weighted by Crippen LogP contribution is -2.61. The lowest BCUT2D eigenvalue weighted by Gasteiger charge is -2.46. The highest BCUT2D eigenvalue weighted by Crippen LogP contribution is 2.30. The van der Waals surface area contributed by atoms with E-state index in [2.05, 4.69) is 26.6 Å². The van der Waals surface area contributed by atoms with Gasteiger partial charge in [0.05, 0.1) is 17.4 Å². The molecule has 2 bridgehead atoms. The summed E-state index contributed by atoms with van der Waals surface area (Å²) in [7, 11) is 0. The number of nitriles is 1. The van der Waals surface area contributed by atoms with Gasteiger partial charge in [-0.15, -0.1) is 22.7 Å². The van der Waals surface area contributed by atoms with Gasteiger partial charge in [0.2, 0.25) is 0 Å². The smallest absolute Gasteiger partial charge is 0.258 e. The third-order valence-corrected chi connectivity index (χ3v) is 6.87. The Balaban J connectivity index is 1.47. The van der Waals surface area contributed by atoms with E-state index in [1.165, 1.54) is 29.1 Å². The summed E-state index contributed by atoms with van der Waals surface area (Å²) in [5, 5.41) is 19.1. The van der Waals surface area contributed by atoms with Crippen molar-refractivity contribution in [2.24, 2.45) is 0 Å². The van der Waals surface area contributed by atoms with Crippen molar-refractivity contribution in [3.8, 4) is 6.07 Å². The number of nitrogens with one attached hydrogen (secondary N) is 2. The molecule has 3 aliphatic heterocycles.